The van der Waals surface area contributed by atoms with Crippen LogP contribution >= 0.6 is 0 Å². The van der Waals surface area contributed by atoms with E-state index in [1.807, 2.05) is 0 Å². The van der Waals surface area contributed by atoms with Crippen LogP contribution in [0.1, 0.15) is 19.3 Å². The van der Waals surface area contributed by atoms with Crippen molar-refractivity contribution >= 4 is 15.9 Å². The molecule has 1 saturated heterocycles. The van der Waals surface area contributed by atoms with Crippen LogP contribution in [-0.4, -0.2) is 48.2 Å². The maximum Gasteiger partial charge on any atom is 0.260 e. The summed E-state index contributed by atoms with van der Waals surface area (Å²) >= 11 is 0. The van der Waals surface area contributed by atoms with Gasteiger partial charge in [-0.3, -0.25) is 4.79 Å². The second-order valence-corrected chi connectivity index (χ2v) is 6.02. The molecule has 1 aromatic rings. The van der Waals surface area contributed by atoms with Crippen LogP contribution in [0.15, 0.2) is 17.6 Å². The molecule has 1 aromatic heterocycles. The van der Waals surface area contributed by atoms with Crippen LogP contribution in [0.2, 0.25) is 0 Å². The normalized spacial score (nSPS) is 21.7. The number of imidazole rings is 1. The number of carbonyl (C=O) groups is 1. The van der Waals surface area contributed by atoms with Crippen LogP contribution in [0.25, 0.3) is 0 Å². The number of hydrogen-bond donors (Lipinski definition) is 2. The molecule has 1 atom stereocenters. The number of carbonyl (C=O) groups excluding carboxylic acids is 1. The molecule has 0 aromatic carbocycles. The predicted molar refractivity (Wildman–Crippen MR) is 64.2 cm³/mol. The van der Waals surface area contributed by atoms with Crippen LogP contribution in [0.5, 0.6) is 0 Å². The fourth-order valence-electron chi connectivity index (χ4n) is 2.13. The second kappa shape index (κ2) is 5.07. The van der Waals surface area contributed by atoms with E-state index >= 15 is 0 Å². The Balaban J connectivity index is 2.32. The molecule has 2 heterocycles. The number of likely N-dealkylation sites (N-methyl/N-ethyl adjacent to an activating group) is 1. The van der Waals surface area contributed by atoms with Crippen molar-refractivity contribution < 1.29 is 13.2 Å². The molecular formula is C10H16N4O3S. The van der Waals surface area contributed by atoms with E-state index < -0.39 is 16.1 Å². The van der Waals surface area contributed by atoms with Gasteiger partial charge in [-0.2, -0.15) is 4.31 Å². The van der Waals surface area contributed by atoms with Gasteiger partial charge in [0.1, 0.15) is 6.04 Å². The number of H-pyrrole nitrogens is 1. The summed E-state index contributed by atoms with van der Waals surface area (Å²) in [6.07, 6.45) is 4.73. The van der Waals surface area contributed by atoms with Gasteiger partial charge in [0.15, 0.2) is 5.03 Å². The first-order valence-electron chi connectivity index (χ1n) is 5.79. The lowest BCUT2D eigenvalue weighted by molar-refractivity contribution is -0.125. The van der Waals surface area contributed by atoms with Crippen molar-refractivity contribution in [2.75, 3.05) is 13.6 Å². The highest BCUT2D eigenvalue weighted by molar-refractivity contribution is 7.89. The van der Waals surface area contributed by atoms with Crippen molar-refractivity contribution in [3.8, 4) is 0 Å². The molecule has 0 radical (unpaired) electrons. The zero-order chi connectivity index (χ0) is 13.2. The van der Waals surface area contributed by atoms with Crippen molar-refractivity contribution in [1.82, 2.24) is 19.6 Å². The molecule has 0 spiro atoms. The highest BCUT2D eigenvalue weighted by Crippen LogP contribution is 2.24. The van der Waals surface area contributed by atoms with Gasteiger partial charge < -0.3 is 10.3 Å². The maximum atomic E-state index is 12.4. The summed E-state index contributed by atoms with van der Waals surface area (Å²) in [5.41, 5.74) is 0. The molecule has 7 nitrogen and oxygen atoms in total. The molecule has 1 aliphatic heterocycles. The molecule has 1 aliphatic rings. The van der Waals surface area contributed by atoms with E-state index in [0.717, 1.165) is 12.8 Å². The Morgan fingerprint density at radius 1 is 1.56 bits per heavy atom. The maximum absolute atomic E-state index is 12.4. The molecular weight excluding hydrogens is 256 g/mol. The van der Waals surface area contributed by atoms with E-state index in [1.54, 1.807) is 0 Å². The Kier molecular flexibility index (Phi) is 3.67. The Bertz CT molecular complexity index is 511. The van der Waals surface area contributed by atoms with Gasteiger partial charge in [-0.05, 0) is 12.8 Å². The lowest BCUT2D eigenvalue weighted by atomic mass is 10.0. The fourth-order valence-corrected chi connectivity index (χ4v) is 3.69. The number of aromatic amines is 1. The van der Waals surface area contributed by atoms with Crippen LogP contribution in [0.4, 0.5) is 0 Å². The fraction of sp³-hybridized carbons (Fsp3) is 0.600. The third-order valence-electron chi connectivity index (χ3n) is 3.06. The van der Waals surface area contributed by atoms with Gasteiger partial charge in [0.25, 0.3) is 10.0 Å². The van der Waals surface area contributed by atoms with Crippen LogP contribution < -0.4 is 5.32 Å². The van der Waals surface area contributed by atoms with Gasteiger partial charge in [0.2, 0.25) is 5.91 Å². The van der Waals surface area contributed by atoms with Crippen molar-refractivity contribution in [1.29, 1.82) is 0 Å². The van der Waals surface area contributed by atoms with Crippen molar-refractivity contribution in [2.24, 2.45) is 0 Å². The average molecular weight is 272 g/mol. The van der Waals surface area contributed by atoms with Gasteiger partial charge in [-0.1, -0.05) is 6.42 Å². The number of piperidine rings is 1. The van der Waals surface area contributed by atoms with Crippen molar-refractivity contribution in [3.05, 3.63) is 12.5 Å². The Labute approximate surface area is 106 Å². The third-order valence-corrected chi connectivity index (χ3v) is 4.90. The highest BCUT2D eigenvalue weighted by atomic mass is 32.2. The summed E-state index contributed by atoms with van der Waals surface area (Å²) in [5, 5.41) is 2.54. The summed E-state index contributed by atoms with van der Waals surface area (Å²) in [7, 11) is -2.16. The van der Waals surface area contributed by atoms with Crippen molar-refractivity contribution in [3.63, 3.8) is 0 Å². The summed E-state index contributed by atoms with van der Waals surface area (Å²) in [6.45, 7) is 0.361. The summed E-state index contributed by atoms with van der Waals surface area (Å²) < 4.78 is 26.0. The minimum absolute atomic E-state index is 0.0262. The molecule has 2 rings (SSSR count). The summed E-state index contributed by atoms with van der Waals surface area (Å²) in [5.74, 6) is -0.266. The van der Waals surface area contributed by atoms with E-state index in [0.29, 0.717) is 13.0 Å². The number of nitrogens with zero attached hydrogens (tertiary/aromatic N) is 2. The zero-order valence-corrected chi connectivity index (χ0v) is 10.9. The molecule has 1 unspecified atom stereocenters. The highest BCUT2D eigenvalue weighted by Gasteiger charge is 2.37. The molecule has 0 saturated carbocycles. The smallest absolute Gasteiger partial charge is 0.260 e. The molecule has 0 aliphatic carbocycles. The van der Waals surface area contributed by atoms with Crippen LogP contribution in [-0.2, 0) is 14.8 Å². The first-order valence-corrected chi connectivity index (χ1v) is 7.23. The predicted octanol–water partition coefficient (Wildman–Crippen LogP) is -0.301. The standard InChI is InChI=1S/C10H16N4O3S/c1-11-10(15)8-4-2-3-5-14(8)18(16,17)9-6-12-7-13-9/h6-8H,2-5H2,1H3,(H,11,15)(H,12,13). The van der Waals surface area contributed by atoms with E-state index in [4.69, 9.17) is 0 Å². The number of nitrogens with one attached hydrogen (secondary N) is 2. The second-order valence-electron chi connectivity index (χ2n) is 4.16. The molecule has 18 heavy (non-hydrogen) atoms. The largest absolute Gasteiger partial charge is 0.358 e. The molecule has 100 valence electrons. The van der Waals surface area contributed by atoms with Gasteiger partial charge in [0, 0.05) is 13.6 Å². The summed E-state index contributed by atoms with van der Waals surface area (Å²) in [6, 6.07) is -0.628. The first kappa shape index (κ1) is 13.0. The van der Waals surface area contributed by atoms with Gasteiger partial charge in [-0.25, -0.2) is 13.4 Å². The molecule has 0 bridgehead atoms. The van der Waals surface area contributed by atoms with E-state index in [9.17, 15) is 13.2 Å². The van der Waals surface area contributed by atoms with E-state index in [1.165, 1.54) is 23.9 Å². The lowest BCUT2D eigenvalue weighted by Gasteiger charge is -2.32. The van der Waals surface area contributed by atoms with Gasteiger partial charge >= 0.3 is 0 Å². The average Bonchev–Trinajstić information content (AvgIpc) is 2.92. The van der Waals surface area contributed by atoms with Gasteiger partial charge in [0.05, 0.1) is 12.5 Å². The Morgan fingerprint density at radius 2 is 2.33 bits per heavy atom. The number of hydrogen-bond acceptors (Lipinski definition) is 4. The number of amides is 1. The molecule has 2 N–H and O–H groups in total. The Morgan fingerprint density at radius 3 is 2.94 bits per heavy atom. The zero-order valence-electron chi connectivity index (χ0n) is 10.1. The van der Waals surface area contributed by atoms with Crippen LogP contribution in [0, 0.1) is 0 Å². The van der Waals surface area contributed by atoms with Crippen LogP contribution in [0.3, 0.4) is 0 Å². The monoisotopic (exact) mass is 272 g/mol. The van der Waals surface area contributed by atoms with E-state index in [2.05, 4.69) is 15.3 Å². The molecule has 8 heteroatoms. The number of rotatable bonds is 3. The molecule has 1 fully saturated rings. The number of aromatic nitrogens is 2. The number of sulfonamides is 1. The lowest BCUT2D eigenvalue weighted by Crippen LogP contribution is -2.51. The first-order chi connectivity index (χ1) is 8.57. The Hall–Kier alpha value is -1.41. The topological polar surface area (TPSA) is 95.2 Å². The van der Waals surface area contributed by atoms with Crippen molar-refractivity contribution in [2.45, 2.75) is 30.3 Å². The summed E-state index contributed by atoms with van der Waals surface area (Å²) in [4.78, 5) is 18.0. The third kappa shape index (κ3) is 2.25. The minimum Gasteiger partial charge on any atom is -0.358 e. The quantitative estimate of drug-likeness (QED) is 0.789. The SMILES string of the molecule is CNC(=O)C1CCCCN1S(=O)(=O)c1cnc[nH]1. The minimum atomic E-state index is -3.67. The van der Waals surface area contributed by atoms with E-state index in [-0.39, 0.29) is 10.9 Å². The van der Waals surface area contributed by atoms with Gasteiger partial charge in [-0.15, -0.1) is 0 Å². The molecule has 1 amide bonds.